The van der Waals surface area contributed by atoms with Crippen molar-refractivity contribution in [2.24, 2.45) is 5.73 Å². The van der Waals surface area contributed by atoms with Gasteiger partial charge in [-0.15, -0.1) is 0 Å². The summed E-state index contributed by atoms with van der Waals surface area (Å²) in [6, 6.07) is 9.56. The summed E-state index contributed by atoms with van der Waals surface area (Å²) >= 11 is 3.29. The minimum Gasteiger partial charge on any atom is -0.364 e. The average Bonchev–Trinajstić information content (AvgIpc) is 2.61. The van der Waals surface area contributed by atoms with Crippen LogP contribution < -0.4 is 5.73 Å². The number of primary amides is 1. The molecule has 0 aliphatic heterocycles. The molecule has 5 heteroatoms. The van der Waals surface area contributed by atoms with E-state index in [1.54, 1.807) is 10.9 Å². The Hall–Kier alpha value is -1.62. The van der Waals surface area contributed by atoms with E-state index in [1.807, 2.05) is 30.3 Å². The first kappa shape index (κ1) is 9.92. The number of para-hydroxylation sites is 1. The van der Waals surface area contributed by atoms with Gasteiger partial charge in [-0.05, 0) is 28.1 Å². The predicted octanol–water partition coefficient (Wildman–Crippen LogP) is 1.73. The summed E-state index contributed by atoms with van der Waals surface area (Å²) in [6.45, 7) is 0. The number of nitrogens with zero attached hydrogens (tertiary/aromatic N) is 2. The molecule has 1 heterocycles. The molecule has 1 aromatic carbocycles. The number of hydrogen-bond acceptors (Lipinski definition) is 2. The van der Waals surface area contributed by atoms with Crippen LogP contribution >= 0.6 is 15.9 Å². The molecule has 0 saturated heterocycles. The van der Waals surface area contributed by atoms with Crippen LogP contribution in [0.15, 0.2) is 41.3 Å². The lowest BCUT2D eigenvalue weighted by Crippen LogP contribution is -2.12. The normalized spacial score (nSPS) is 10.2. The van der Waals surface area contributed by atoms with E-state index in [1.165, 1.54) is 0 Å². The van der Waals surface area contributed by atoms with Crippen LogP contribution in [0, 0.1) is 0 Å². The second-order valence-electron chi connectivity index (χ2n) is 2.95. The highest BCUT2D eigenvalue weighted by atomic mass is 79.9. The second kappa shape index (κ2) is 3.86. The van der Waals surface area contributed by atoms with Gasteiger partial charge in [0.2, 0.25) is 0 Å². The second-order valence-corrected chi connectivity index (χ2v) is 3.70. The molecule has 1 amide bonds. The van der Waals surface area contributed by atoms with Crippen molar-refractivity contribution in [3.05, 3.63) is 47.0 Å². The van der Waals surface area contributed by atoms with Crippen LogP contribution in [-0.2, 0) is 0 Å². The maximum Gasteiger partial charge on any atom is 0.270 e. The Kier molecular flexibility index (Phi) is 2.55. The van der Waals surface area contributed by atoms with E-state index in [4.69, 9.17) is 5.73 Å². The van der Waals surface area contributed by atoms with Crippen molar-refractivity contribution in [1.82, 2.24) is 9.55 Å². The zero-order valence-corrected chi connectivity index (χ0v) is 9.31. The molecule has 2 rings (SSSR count). The quantitative estimate of drug-likeness (QED) is 0.899. The van der Waals surface area contributed by atoms with Gasteiger partial charge in [0.25, 0.3) is 5.91 Å². The van der Waals surface area contributed by atoms with Crippen LogP contribution in [0.2, 0.25) is 0 Å². The largest absolute Gasteiger partial charge is 0.364 e. The van der Waals surface area contributed by atoms with Crippen molar-refractivity contribution in [3.8, 4) is 5.69 Å². The van der Waals surface area contributed by atoms with Crippen LogP contribution in [0.25, 0.3) is 5.69 Å². The van der Waals surface area contributed by atoms with E-state index < -0.39 is 5.91 Å². The first-order chi connectivity index (χ1) is 7.20. The van der Waals surface area contributed by atoms with E-state index in [9.17, 15) is 4.79 Å². The fourth-order valence-electron chi connectivity index (χ4n) is 1.27. The van der Waals surface area contributed by atoms with Gasteiger partial charge in [-0.1, -0.05) is 18.2 Å². The lowest BCUT2D eigenvalue weighted by Gasteiger charge is -2.02. The van der Waals surface area contributed by atoms with Gasteiger partial charge in [0.05, 0.1) is 0 Å². The molecule has 2 N–H and O–H groups in total. The smallest absolute Gasteiger partial charge is 0.270 e. The van der Waals surface area contributed by atoms with Crippen molar-refractivity contribution in [2.45, 2.75) is 0 Å². The number of rotatable bonds is 2. The van der Waals surface area contributed by atoms with Crippen LogP contribution in [0.5, 0.6) is 0 Å². The van der Waals surface area contributed by atoms with Gasteiger partial charge in [-0.3, -0.25) is 9.36 Å². The minimum absolute atomic E-state index is 0.235. The SMILES string of the molecule is NC(=O)c1ncn(-c2ccccc2)c1Br. The summed E-state index contributed by atoms with van der Waals surface area (Å²) in [6.07, 6.45) is 1.56. The Morgan fingerprint density at radius 3 is 2.53 bits per heavy atom. The highest BCUT2D eigenvalue weighted by molar-refractivity contribution is 9.10. The Labute approximate surface area is 94.9 Å². The molecule has 0 unspecified atom stereocenters. The monoisotopic (exact) mass is 265 g/mol. The third-order valence-corrected chi connectivity index (χ3v) is 2.73. The fraction of sp³-hybridized carbons (Fsp3) is 0. The summed E-state index contributed by atoms with van der Waals surface area (Å²) in [5.41, 5.74) is 6.32. The lowest BCUT2D eigenvalue weighted by atomic mass is 10.3. The first-order valence-electron chi connectivity index (χ1n) is 4.28. The van der Waals surface area contributed by atoms with Crippen LogP contribution in [0.4, 0.5) is 0 Å². The number of nitrogens with two attached hydrogens (primary N) is 1. The zero-order chi connectivity index (χ0) is 10.8. The first-order valence-corrected chi connectivity index (χ1v) is 5.07. The number of benzene rings is 1. The maximum absolute atomic E-state index is 11.0. The molecule has 0 spiro atoms. The molecule has 0 fully saturated rings. The van der Waals surface area contributed by atoms with Gasteiger partial charge in [-0.25, -0.2) is 4.98 Å². The van der Waals surface area contributed by atoms with Gasteiger partial charge in [-0.2, -0.15) is 0 Å². The third kappa shape index (κ3) is 1.78. The zero-order valence-electron chi connectivity index (χ0n) is 7.72. The van der Waals surface area contributed by atoms with E-state index in [0.29, 0.717) is 4.60 Å². The van der Waals surface area contributed by atoms with E-state index in [2.05, 4.69) is 20.9 Å². The van der Waals surface area contributed by atoms with Crippen molar-refractivity contribution < 1.29 is 4.79 Å². The van der Waals surface area contributed by atoms with Gasteiger partial charge >= 0.3 is 0 Å². The molecule has 1 aromatic heterocycles. The Morgan fingerprint density at radius 2 is 2.00 bits per heavy atom. The molecule has 76 valence electrons. The number of carbonyl (C=O) groups excluding carboxylic acids is 1. The van der Waals surface area contributed by atoms with Crippen molar-refractivity contribution in [2.75, 3.05) is 0 Å². The summed E-state index contributed by atoms with van der Waals surface area (Å²) < 4.78 is 2.32. The van der Waals surface area contributed by atoms with Gasteiger partial charge in [0.1, 0.15) is 10.9 Å². The van der Waals surface area contributed by atoms with Crippen molar-refractivity contribution in [3.63, 3.8) is 0 Å². The summed E-state index contributed by atoms with van der Waals surface area (Å²) in [5, 5.41) is 0. The molecule has 0 aliphatic carbocycles. The summed E-state index contributed by atoms with van der Waals surface area (Å²) in [4.78, 5) is 14.9. The van der Waals surface area contributed by atoms with Crippen LogP contribution in [0.3, 0.4) is 0 Å². The number of halogens is 1. The molecular weight excluding hydrogens is 258 g/mol. The van der Waals surface area contributed by atoms with Crippen molar-refractivity contribution in [1.29, 1.82) is 0 Å². The van der Waals surface area contributed by atoms with Crippen LogP contribution in [-0.4, -0.2) is 15.5 Å². The highest BCUT2D eigenvalue weighted by Gasteiger charge is 2.13. The molecule has 2 aromatic rings. The number of carbonyl (C=O) groups is 1. The fourth-order valence-corrected chi connectivity index (χ4v) is 1.86. The third-order valence-electron chi connectivity index (χ3n) is 1.98. The Morgan fingerprint density at radius 1 is 1.33 bits per heavy atom. The topological polar surface area (TPSA) is 60.9 Å². The highest BCUT2D eigenvalue weighted by Crippen LogP contribution is 2.19. The number of hydrogen-bond donors (Lipinski definition) is 1. The summed E-state index contributed by atoms with van der Waals surface area (Å²) in [5.74, 6) is -0.545. The molecule has 0 saturated carbocycles. The molecule has 0 atom stereocenters. The van der Waals surface area contributed by atoms with Gasteiger partial charge < -0.3 is 5.73 Å². The molecule has 0 bridgehead atoms. The van der Waals surface area contributed by atoms with Crippen molar-refractivity contribution >= 4 is 21.8 Å². The number of amides is 1. The molecule has 0 aliphatic rings. The number of aromatic nitrogens is 2. The average molecular weight is 266 g/mol. The molecular formula is C10H8BrN3O. The molecule has 4 nitrogen and oxygen atoms in total. The molecule has 15 heavy (non-hydrogen) atoms. The lowest BCUT2D eigenvalue weighted by molar-refractivity contribution is 0.0995. The number of imidazole rings is 1. The van der Waals surface area contributed by atoms with E-state index in [-0.39, 0.29) is 5.69 Å². The van der Waals surface area contributed by atoms with Crippen LogP contribution in [0.1, 0.15) is 10.5 Å². The van der Waals surface area contributed by atoms with Gasteiger partial charge in [0.15, 0.2) is 5.69 Å². The standard InChI is InChI=1S/C10H8BrN3O/c11-9-8(10(12)15)13-6-14(9)7-4-2-1-3-5-7/h1-6H,(H2,12,15). The summed E-state index contributed by atoms with van der Waals surface area (Å²) in [7, 11) is 0. The van der Waals surface area contributed by atoms with E-state index >= 15 is 0 Å². The van der Waals surface area contributed by atoms with Gasteiger partial charge in [0, 0.05) is 5.69 Å². The molecule has 0 radical (unpaired) electrons. The maximum atomic E-state index is 11.0. The van der Waals surface area contributed by atoms with E-state index in [0.717, 1.165) is 5.69 Å². The Balaban J connectivity index is 2.52. The predicted molar refractivity (Wildman–Crippen MR) is 59.8 cm³/mol. The minimum atomic E-state index is -0.545. The Bertz CT molecular complexity index is 493.